The van der Waals surface area contributed by atoms with Gasteiger partial charge in [0, 0.05) is 16.5 Å². The Balaban J connectivity index is 0. The van der Waals surface area contributed by atoms with Gasteiger partial charge in [0.2, 0.25) is 0 Å². The van der Waals surface area contributed by atoms with E-state index in [-0.39, 0.29) is 16.5 Å². The molecule has 0 atom stereocenters. The number of unbranched alkanes of at least 4 members (excludes halogenated alkanes) is 4. The monoisotopic (exact) mass is 797 g/mol. The van der Waals surface area contributed by atoms with Gasteiger partial charge in [-0.3, -0.25) is 0 Å². The Morgan fingerprint density at radius 3 is 0.808 bits per heavy atom. The summed E-state index contributed by atoms with van der Waals surface area (Å²) in [4.78, 5) is 10.1. The smallest absolute Gasteiger partial charge is 0.0786 e. The molecule has 0 aliphatic rings. The van der Waals surface area contributed by atoms with Gasteiger partial charge in [-0.25, -0.2) is 0 Å². The Hall–Kier alpha value is -1.07. The zero-order valence-corrected chi connectivity index (χ0v) is 40.9. The number of nitrogens with zero attached hydrogens (tertiary/aromatic N) is 3. The number of hydrogen-bond donors (Lipinski definition) is 0. The summed E-state index contributed by atoms with van der Waals surface area (Å²) in [6, 6.07) is 13.3. The number of rotatable bonds is 20. The summed E-state index contributed by atoms with van der Waals surface area (Å²) in [5.74, 6) is 2.18. The number of benzene rings is 2. The van der Waals surface area contributed by atoms with Gasteiger partial charge in [0.15, 0.2) is 0 Å². The van der Waals surface area contributed by atoms with Gasteiger partial charge in [0.05, 0.1) is 26.2 Å². The fourth-order valence-corrected chi connectivity index (χ4v) is 8.46. The molecule has 3 nitrogen and oxygen atoms in total. The first-order valence-corrected chi connectivity index (χ1v) is 28.1. The molecule has 0 unspecified atom stereocenters. The standard InChI is InChI=1S/C16H36N.2C15H26NSi.Ni/c1-5-9-13-17(14-10-6-2,15-11-7-3)16-12-8-4;2*1-11(2)13-9-8-10-14(12(3)4)15(13)16-17(5,6)7;/h5-16H2,1-4H3;2*8-12H,1-7H3;/q+1;2*-1;. The minimum atomic E-state index is -1.43. The minimum absolute atomic E-state index is 0. The molecule has 0 aliphatic carbocycles. The summed E-state index contributed by atoms with van der Waals surface area (Å²) in [5, 5.41) is 0. The van der Waals surface area contributed by atoms with Crippen molar-refractivity contribution < 1.29 is 21.0 Å². The van der Waals surface area contributed by atoms with Gasteiger partial charge in [0.25, 0.3) is 0 Å². The van der Waals surface area contributed by atoms with Gasteiger partial charge in [-0.15, -0.1) is 11.4 Å². The minimum Gasteiger partial charge on any atom is -0.687 e. The van der Waals surface area contributed by atoms with Crippen LogP contribution in [0.1, 0.15) is 180 Å². The molecule has 0 N–H and O–H groups in total. The quantitative estimate of drug-likeness (QED) is 0.0943. The first-order chi connectivity index (χ1) is 23.7. The van der Waals surface area contributed by atoms with Crippen LogP contribution in [0.2, 0.25) is 39.3 Å². The van der Waals surface area contributed by atoms with Crippen molar-refractivity contribution in [2.45, 2.75) is 197 Å². The first kappa shape index (κ1) is 53.0. The van der Waals surface area contributed by atoms with Crippen molar-refractivity contribution in [1.82, 2.24) is 0 Å². The normalized spacial score (nSPS) is 12.0. The van der Waals surface area contributed by atoms with Crippen molar-refractivity contribution in [2.24, 2.45) is 0 Å². The zero-order valence-electron chi connectivity index (χ0n) is 37.9. The van der Waals surface area contributed by atoms with E-state index in [4.69, 9.17) is 9.96 Å². The zero-order chi connectivity index (χ0) is 39.4. The van der Waals surface area contributed by atoms with Gasteiger partial charge in [-0.2, -0.15) is 0 Å². The van der Waals surface area contributed by atoms with Gasteiger partial charge in [0.1, 0.15) is 0 Å². The molecule has 0 amide bonds. The van der Waals surface area contributed by atoms with Crippen molar-refractivity contribution in [3.63, 3.8) is 0 Å². The van der Waals surface area contributed by atoms with Crippen LogP contribution in [0.5, 0.6) is 0 Å². The SMILES string of the molecule is CC(C)c1cccc(C(C)C)c1[N-][Si](C)(C)C.CC(C)c1cccc(C(C)C)c1[N-][Si](C)(C)C.CCCC[N+](CCCC)(CCCC)CCCC.[Ni]. The van der Waals surface area contributed by atoms with E-state index in [1.54, 1.807) is 0 Å². The largest absolute Gasteiger partial charge is 0.687 e. The fraction of sp³-hybridized carbons (Fsp3) is 0.739. The predicted octanol–water partition coefficient (Wildman–Crippen LogP) is 16.5. The molecule has 306 valence electrons. The molecule has 0 bridgehead atoms. The summed E-state index contributed by atoms with van der Waals surface area (Å²) in [6.45, 7) is 46.8. The van der Waals surface area contributed by atoms with E-state index < -0.39 is 16.5 Å². The maximum atomic E-state index is 5.07. The summed E-state index contributed by atoms with van der Waals surface area (Å²) >= 11 is 0. The Kier molecular flexibility index (Phi) is 27.2. The van der Waals surface area contributed by atoms with Crippen LogP contribution < -0.4 is 0 Å². The maximum absolute atomic E-state index is 5.07. The summed E-state index contributed by atoms with van der Waals surface area (Å²) in [7, 11) is -2.86. The topological polar surface area (TPSA) is 28.2 Å². The van der Waals surface area contributed by atoms with Crippen LogP contribution in [0.15, 0.2) is 36.4 Å². The van der Waals surface area contributed by atoms with Crippen LogP contribution in [0, 0.1) is 0 Å². The van der Waals surface area contributed by atoms with E-state index in [0.717, 1.165) is 0 Å². The molecule has 0 aliphatic heterocycles. The second-order valence-corrected chi connectivity index (χ2v) is 27.5. The second kappa shape index (κ2) is 26.7. The molecular weight excluding hydrogens is 709 g/mol. The molecular formula is C46H88N3NiSi2-. The molecule has 2 rings (SSSR count). The molecule has 0 spiro atoms. The van der Waals surface area contributed by atoms with Gasteiger partial charge < -0.3 is 14.4 Å². The van der Waals surface area contributed by atoms with Crippen molar-refractivity contribution in [1.29, 1.82) is 0 Å². The average molecular weight is 798 g/mol. The number of quaternary nitrogens is 1. The molecule has 6 heteroatoms. The maximum Gasteiger partial charge on any atom is 0.0786 e. The van der Waals surface area contributed by atoms with Crippen LogP contribution in [-0.2, 0) is 16.5 Å². The van der Waals surface area contributed by atoms with Crippen molar-refractivity contribution in [2.75, 3.05) is 26.2 Å². The molecule has 0 saturated carbocycles. The van der Waals surface area contributed by atoms with Crippen LogP contribution in [0.4, 0.5) is 11.4 Å². The third kappa shape index (κ3) is 21.1. The van der Waals surface area contributed by atoms with E-state index in [9.17, 15) is 0 Å². The van der Waals surface area contributed by atoms with E-state index in [1.165, 1.54) is 116 Å². The second-order valence-electron chi connectivity index (χ2n) is 18.4. The van der Waals surface area contributed by atoms with Gasteiger partial charge >= 0.3 is 0 Å². The fourth-order valence-electron chi connectivity index (χ4n) is 6.60. The summed E-state index contributed by atoms with van der Waals surface area (Å²) in [6.07, 6.45) is 11.1. The molecule has 2 aromatic carbocycles. The Bertz CT molecular complexity index is 1030. The van der Waals surface area contributed by atoms with Crippen molar-refractivity contribution >= 4 is 27.8 Å². The van der Waals surface area contributed by atoms with Crippen molar-refractivity contribution in [3.05, 3.63) is 68.6 Å². The molecule has 0 heterocycles. The summed E-state index contributed by atoms with van der Waals surface area (Å²) < 4.78 is 1.42. The summed E-state index contributed by atoms with van der Waals surface area (Å²) in [5.41, 5.74) is 8.16. The van der Waals surface area contributed by atoms with Crippen LogP contribution in [0.25, 0.3) is 9.96 Å². The molecule has 0 radical (unpaired) electrons. The van der Waals surface area contributed by atoms with Crippen LogP contribution in [0.3, 0.4) is 0 Å². The van der Waals surface area contributed by atoms with E-state index in [1.807, 2.05) is 0 Å². The third-order valence-electron chi connectivity index (χ3n) is 9.52. The van der Waals surface area contributed by atoms with E-state index in [2.05, 4.69) is 159 Å². The van der Waals surface area contributed by atoms with Crippen LogP contribution in [-0.4, -0.2) is 47.1 Å². The average Bonchev–Trinajstić information content (AvgIpc) is 3.03. The third-order valence-corrected chi connectivity index (χ3v) is 11.3. The van der Waals surface area contributed by atoms with Crippen LogP contribution >= 0.6 is 0 Å². The van der Waals surface area contributed by atoms with E-state index >= 15 is 0 Å². The van der Waals surface area contributed by atoms with Crippen molar-refractivity contribution in [3.8, 4) is 0 Å². The molecule has 2 aromatic rings. The van der Waals surface area contributed by atoms with Gasteiger partial charge in [-0.1, -0.05) is 207 Å². The molecule has 0 fully saturated rings. The number of hydrogen-bond acceptors (Lipinski definition) is 0. The Morgan fingerprint density at radius 1 is 0.442 bits per heavy atom. The Labute approximate surface area is 339 Å². The molecule has 52 heavy (non-hydrogen) atoms. The Morgan fingerprint density at radius 2 is 0.654 bits per heavy atom. The van der Waals surface area contributed by atoms with Gasteiger partial charge in [-0.05, 0) is 65.8 Å². The first-order valence-electron chi connectivity index (χ1n) is 21.2. The predicted molar refractivity (Wildman–Crippen MR) is 241 cm³/mol. The molecule has 0 aromatic heterocycles. The van der Waals surface area contributed by atoms with E-state index in [0.29, 0.717) is 23.7 Å². The molecule has 0 saturated heterocycles.